The van der Waals surface area contributed by atoms with Gasteiger partial charge in [-0.05, 0) is 55.8 Å². The minimum Gasteiger partial charge on any atom is -0.464 e. The van der Waals surface area contributed by atoms with Crippen molar-refractivity contribution >= 4 is 20.0 Å². The number of hydrogen-bond donors (Lipinski definition) is 1. The minimum absolute atomic E-state index is 0.0100. The first-order valence-electron chi connectivity index (χ1n) is 8.23. The van der Waals surface area contributed by atoms with Gasteiger partial charge in [-0.3, -0.25) is 0 Å². The number of nitrogens with one attached hydrogen (secondary N) is 1. The van der Waals surface area contributed by atoms with Gasteiger partial charge in [0.2, 0.25) is 20.0 Å². The highest BCUT2D eigenvalue weighted by Crippen LogP contribution is 2.47. The molecule has 1 saturated carbocycles. The Bertz CT molecular complexity index is 994. The summed E-state index contributed by atoms with van der Waals surface area (Å²) in [5.41, 5.74) is 0. The Hall–Kier alpha value is -1.68. The van der Waals surface area contributed by atoms with E-state index < -0.39 is 20.0 Å². The fourth-order valence-corrected chi connectivity index (χ4v) is 4.66. The summed E-state index contributed by atoms with van der Waals surface area (Å²) < 4.78 is 58.0. The van der Waals surface area contributed by atoms with Gasteiger partial charge in [-0.1, -0.05) is 6.92 Å². The summed E-state index contributed by atoms with van der Waals surface area (Å²) in [5, 5.41) is 0. The molecule has 3 rings (SSSR count). The van der Waals surface area contributed by atoms with E-state index in [9.17, 15) is 16.8 Å². The van der Waals surface area contributed by atoms with Crippen LogP contribution in [0.4, 0.5) is 0 Å². The zero-order valence-electron chi connectivity index (χ0n) is 14.8. The molecule has 7 nitrogen and oxygen atoms in total. The quantitative estimate of drug-likeness (QED) is 0.771. The Kier molecular flexibility index (Phi) is 5.00. The molecule has 1 fully saturated rings. The molecule has 0 spiro atoms. The lowest BCUT2D eigenvalue weighted by molar-refractivity contribution is 0.390. The summed E-state index contributed by atoms with van der Waals surface area (Å²) in [6.45, 7) is 2.27. The van der Waals surface area contributed by atoms with Gasteiger partial charge >= 0.3 is 0 Å². The molecule has 0 saturated heterocycles. The summed E-state index contributed by atoms with van der Waals surface area (Å²) in [6.07, 6.45) is 1.10. The van der Waals surface area contributed by atoms with Gasteiger partial charge in [0.1, 0.15) is 11.5 Å². The molecule has 0 aliphatic heterocycles. The normalized spacial score (nSPS) is 20.5. The standard InChI is InChI=1S/C17H22N2O5S2/c1-12-10-16(12)17-9-4-13(24-17)11-19(3)26(22,23)15-7-5-14(6-8-15)25(20,21)18-2/h4-9,12,16,18H,10-11H2,1-3H3/t12-,16-/m0/s1. The Balaban J connectivity index is 1.75. The van der Waals surface area contributed by atoms with Crippen LogP contribution in [-0.2, 0) is 26.6 Å². The van der Waals surface area contributed by atoms with Crippen LogP contribution in [0.25, 0.3) is 0 Å². The maximum atomic E-state index is 12.7. The van der Waals surface area contributed by atoms with Gasteiger partial charge in [-0.25, -0.2) is 21.6 Å². The van der Waals surface area contributed by atoms with Gasteiger partial charge in [0.25, 0.3) is 0 Å². The van der Waals surface area contributed by atoms with E-state index in [2.05, 4.69) is 11.6 Å². The molecule has 0 unspecified atom stereocenters. The molecule has 142 valence electrons. The molecule has 2 atom stereocenters. The van der Waals surface area contributed by atoms with Crippen LogP contribution in [0, 0.1) is 5.92 Å². The van der Waals surface area contributed by atoms with Crippen molar-refractivity contribution in [1.82, 2.24) is 9.03 Å². The van der Waals surface area contributed by atoms with E-state index in [-0.39, 0.29) is 16.3 Å². The number of benzene rings is 1. The second kappa shape index (κ2) is 6.80. The first-order valence-corrected chi connectivity index (χ1v) is 11.2. The van der Waals surface area contributed by atoms with Gasteiger partial charge in [0.15, 0.2) is 0 Å². The number of sulfonamides is 2. The Morgan fingerprint density at radius 3 is 2.19 bits per heavy atom. The van der Waals surface area contributed by atoms with Gasteiger partial charge in [-0.2, -0.15) is 4.31 Å². The van der Waals surface area contributed by atoms with Gasteiger partial charge in [0, 0.05) is 13.0 Å². The summed E-state index contributed by atoms with van der Waals surface area (Å²) in [7, 11) is -4.59. The SMILES string of the molecule is CNS(=O)(=O)c1ccc(S(=O)(=O)N(C)Cc2ccc([C@H]3C[C@@H]3C)o2)cc1. The van der Waals surface area contributed by atoms with Crippen LogP contribution in [0.5, 0.6) is 0 Å². The fraction of sp³-hybridized carbons (Fsp3) is 0.412. The Morgan fingerprint density at radius 2 is 1.65 bits per heavy atom. The van der Waals surface area contributed by atoms with Crippen LogP contribution in [0.1, 0.15) is 30.8 Å². The minimum atomic E-state index is -3.75. The lowest BCUT2D eigenvalue weighted by Crippen LogP contribution is -2.26. The van der Waals surface area contributed by atoms with Gasteiger partial charge in [-0.15, -0.1) is 0 Å². The molecule has 26 heavy (non-hydrogen) atoms. The topological polar surface area (TPSA) is 96.7 Å². The van der Waals surface area contributed by atoms with Crippen molar-refractivity contribution in [2.75, 3.05) is 14.1 Å². The monoisotopic (exact) mass is 398 g/mol. The molecule has 1 N–H and O–H groups in total. The van der Waals surface area contributed by atoms with Crippen molar-refractivity contribution in [3.63, 3.8) is 0 Å². The van der Waals surface area contributed by atoms with E-state index >= 15 is 0 Å². The molecule has 2 aromatic rings. The lowest BCUT2D eigenvalue weighted by atomic mass is 10.3. The van der Waals surface area contributed by atoms with E-state index in [1.165, 1.54) is 42.7 Å². The third kappa shape index (κ3) is 3.71. The molecule has 0 radical (unpaired) electrons. The zero-order chi connectivity index (χ0) is 19.1. The van der Waals surface area contributed by atoms with Crippen molar-refractivity contribution in [3.8, 4) is 0 Å². The molecule has 0 bridgehead atoms. The van der Waals surface area contributed by atoms with E-state index in [1.807, 2.05) is 6.07 Å². The molecule has 1 aliphatic rings. The Labute approximate surface area is 154 Å². The fourth-order valence-electron chi connectivity index (χ4n) is 2.79. The van der Waals surface area contributed by atoms with Crippen molar-refractivity contribution in [2.45, 2.75) is 35.6 Å². The molecule has 9 heteroatoms. The highest BCUT2D eigenvalue weighted by molar-refractivity contribution is 7.89. The predicted octanol–water partition coefficient (Wildman–Crippen LogP) is 2.13. The Morgan fingerprint density at radius 1 is 1.08 bits per heavy atom. The third-order valence-electron chi connectivity index (χ3n) is 4.65. The molecule has 0 amide bonds. The zero-order valence-corrected chi connectivity index (χ0v) is 16.5. The number of hydrogen-bond acceptors (Lipinski definition) is 5. The second-order valence-corrected chi connectivity index (χ2v) is 10.5. The summed E-state index contributed by atoms with van der Waals surface area (Å²) in [6, 6.07) is 8.82. The molecule has 1 heterocycles. The number of rotatable bonds is 7. The molecule has 1 aliphatic carbocycles. The maximum absolute atomic E-state index is 12.7. The van der Waals surface area contributed by atoms with E-state index in [0.717, 1.165) is 12.2 Å². The van der Waals surface area contributed by atoms with E-state index in [4.69, 9.17) is 4.42 Å². The van der Waals surface area contributed by atoms with E-state index in [1.54, 1.807) is 6.07 Å². The maximum Gasteiger partial charge on any atom is 0.243 e. The van der Waals surface area contributed by atoms with Gasteiger partial charge in [0.05, 0.1) is 16.3 Å². The van der Waals surface area contributed by atoms with Crippen LogP contribution in [0.3, 0.4) is 0 Å². The largest absolute Gasteiger partial charge is 0.464 e. The summed E-state index contributed by atoms with van der Waals surface area (Å²) in [4.78, 5) is 0.0356. The smallest absolute Gasteiger partial charge is 0.243 e. The third-order valence-corrected chi connectivity index (χ3v) is 7.89. The van der Waals surface area contributed by atoms with Crippen LogP contribution in [-0.4, -0.2) is 35.2 Å². The van der Waals surface area contributed by atoms with Crippen LogP contribution in [0.15, 0.2) is 50.6 Å². The molecular weight excluding hydrogens is 376 g/mol. The van der Waals surface area contributed by atoms with E-state index in [0.29, 0.717) is 17.6 Å². The number of nitrogens with zero attached hydrogens (tertiary/aromatic N) is 1. The highest BCUT2D eigenvalue weighted by atomic mass is 32.2. The van der Waals surface area contributed by atoms with Crippen LogP contribution in [0.2, 0.25) is 0 Å². The van der Waals surface area contributed by atoms with Crippen LogP contribution >= 0.6 is 0 Å². The predicted molar refractivity (Wildman–Crippen MR) is 96.6 cm³/mol. The second-order valence-electron chi connectivity index (χ2n) is 6.56. The van der Waals surface area contributed by atoms with Crippen molar-refractivity contribution in [2.24, 2.45) is 5.92 Å². The summed E-state index contributed by atoms with van der Waals surface area (Å²) >= 11 is 0. The lowest BCUT2D eigenvalue weighted by Gasteiger charge is -2.16. The van der Waals surface area contributed by atoms with Crippen molar-refractivity contribution in [3.05, 3.63) is 47.9 Å². The first kappa shape index (κ1) is 19.1. The van der Waals surface area contributed by atoms with Crippen molar-refractivity contribution < 1.29 is 21.3 Å². The average molecular weight is 399 g/mol. The molecular formula is C17H22N2O5S2. The van der Waals surface area contributed by atoms with Crippen molar-refractivity contribution in [1.29, 1.82) is 0 Å². The summed E-state index contributed by atoms with van der Waals surface area (Å²) in [5.74, 6) is 2.54. The average Bonchev–Trinajstić information content (AvgIpc) is 3.16. The van der Waals surface area contributed by atoms with Gasteiger partial charge < -0.3 is 4.42 Å². The van der Waals surface area contributed by atoms with Crippen LogP contribution < -0.4 is 4.72 Å². The number of furan rings is 1. The highest BCUT2D eigenvalue weighted by Gasteiger charge is 2.36. The first-order chi connectivity index (χ1) is 12.1. The molecule has 1 aromatic heterocycles. The molecule has 1 aromatic carbocycles.